The molecule has 24 heavy (non-hydrogen) atoms. The first-order valence-electron chi connectivity index (χ1n) is 9.12. The number of aliphatic hydroxyl groups is 1. The minimum Gasteiger partial charge on any atom is -0.390 e. The van der Waals surface area contributed by atoms with Gasteiger partial charge in [0.1, 0.15) is 0 Å². The molecule has 0 aromatic heterocycles. The zero-order chi connectivity index (χ0) is 17.2. The molecule has 1 saturated heterocycles. The number of ether oxygens (including phenoxy) is 1. The van der Waals surface area contributed by atoms with E-state index in [-0.39, 0.29) is 11.5 Å². The van der Waals surface area contributed by atoms with E-state index in [9.17, 15) is 9.90 Å². The van der Waals surface area contributed by atoms with Crippen LogP contribution in [0, 0.1) is 0 Å². The van der Waals surface area contributed by atoms with E-state index < -0.39 is 5.60 Å². The van der Waals surface area contributed by atoms with E-state index in [0.717, 1.165) is 36.9 Å². The van der Waals surface area contributed by atoms with Gasteiger partial charge in [-0.15, -0.1) is 0 Å². The van der Waals surface area contributed by atoms with Crippen molar-refractivity contribution in [3.63, 3.8) is 0 Å². The molecule has 1 aromatic carbocycles. The quantitative estimate of drug-likeness (QED) is 0.922. The number of carbonyl (C=O) groups is 1. The fourth-order valence-electron chi connectivity index (χ4n) is 3.79. The maximum absolute atomic E-state index is 12.8. The van der Waals surface area contributed by atoms with Crippen molar-refractivity contribution >= 4 is 5.91 Å². The highest BCUT2D eigenvalue weighted by Gasteiger charge is 2.40. The summed E-state index contributed by atoms with van der Waals surface area (Å²) in [5.41, 5.74) is 1.17. The van der Waals surface area contributed by atoms with Crippen LogP contribution in [0.3, 0.4) is 0 Å². The molecular weight excluding hydrogens is 302 g/mol. The Balaban J connectivity index is 1.62. The van der Waals surface area contributed by atoms with E-state index in [1.165, 1.54) is 12.8 Å². The number of benzene rings is 1. The van der Waals surface area contributed by atoms with Gasteiger partial charge in [-0.1, -0.05) is 25.0 Å². The van der Waals surface area contributed by atoms with Crippen LogP contribution >= 0.6 is 0 Å². The summed E-state index contributed by atoms with van der Waals surface area (Å²) in [4.78, 5) is 14.8. The van der Waals surface area contributed by atoms with Crippen LogP contribution in [0.1, 0.15) is 61.9 Å². The van der Waals surface area contributed by atoms with Gasteiger partial charge in [0, 0.05) is 12.1 Å². The third kappa shape index (κ3) is 4.17. The van der Waals surface area contributed by atoms with Gasteiger partial charge in [-0.2, -0.15) is 0 Å². The number of rotatable bonds is 4. The number of aryl methyl sites for hydroxylation is 1. The topological polar surface area (TPSA) is 49.8 Å². The number of hydrogen-bond acceptors (Lipinski definition) is 3. The summed E-state index contributed by atoms with van der Waals surface area (Å²) < 4.78 is 6.01. The first kappa shape index (κ1) is 17.4. The van der Waals surface area contributed by atoms with Gasteiger partial charge < -0.3 is 14.7 Å². The van der Waals surface area contributed by atoms with Crippen LogP contribution in [0.15, 0.2) is 24.3 Å². The second kappa shape index (κ2) is 6.85. The standard InChI is InChI=1S/C20H29NO3/c1-19(2,23)12-9-16-5-7-17(8-6-16)18(22)21-13-14-24-20(15-21)10-3-4-11-20/h5-8,23H,3-4,9-15H2,1-2H3. The van der Waals surface area contributed by atoms with Crippen LogP contribution in [-0.4, -0.2) is 46.8 Å². The molecule has 1 amide bonds. The number of nitrogens with zero attached hydrogens (tertiary/aromatic N) is 1. The molecule has 4 nitrogen and oxygen atoms in total. The molecule has 2 fully saturated rings. The normalized spacial score (nSPS) is 20.5. The van der Waals surface area contributed by atoms with Crippen molar-refractivity contribution in [1.82, 2.24) is 4.90 Å². The lowest BCUT2D eigenvalue weighted by Crippen LogP contribution is -2.52. The molecule has 4 heteroatoms. The molecule has 1 saturated carbocycles. The summed E-state index contributed by atoms with van der Waals surface area (Å²) in [6, 6.07) is 7.84. The highest BCUT2D eigenvalue weighted by molar-refractivity contribution is 5.94. The fourth-order valence-corrected chi connectivity index (χ4v) is 3.79. The Bertz CT molecular complexity index is 568. The van der Waals surface area contributed by atoms with Gasteiger partial charge in [0.25, 0.3) is 5.91 Å². The van der Waals surface area contributed by atoms with E-state index in [2.05, 4.69) is 0 Å². The Hall–Kier alpha value is -1.39. The van der Waals surface area contributed by atoms with E-state index in [4.69, 9.17) is 4.74 Å². The molecule has 0 radical (unpaired) electrons. The molecule has 0 unspecified atom stereocenters. The van der Waals surface area contributed by atoms with Gasteiger partial charge in [-0.05, 0) is 57.2 Å². The van der Waals surface area contributed by atoms with Crippen molar-refractivity contribution < 1.29 is 14.6 Å². The lowest BCUT2D eigenvalue weighted by molar-refractivity contribution is -0.0948. The number of carbonyl (C=O) groups excluding carboxylic acids is 1. The largest absolute Gasteiger partial charge is 0.390 e. The maximum Gasteiger partial charge on any atom is 0.254 e. The lowest BCUT2D eigenvalue weighted by atomic mass is 9.97. The molecule has 1 spiro atoms. The summed E-state index contributed by atoms with van der Waals surface area (Å²) in [6.07, 6.45) is 6.10. The molecule has 1 aliphatic heterocycles. The Morgan fingerprint density at radius 1 is 1.25 bits per heavy atom. The van der Waals surface area contributed by atoms with Crippen molar-refractivity contribution in [2.75, 3.05) is 19.7 Å². The minimum absolute atomic E-state index is 0.0828. The predicted octanol–water partition coefficient (Wildman–Crippen LogP) is 3.18. The average Bonchev–Trinajstić information content (AvgIpc) is 3.00. The number of morpholine rings is 1. The zero-order valence-electron chi connectivity index (χ0n) is 14.9. The smallest absolute Gasteiger partial charge is 0.254 e. The highest BCUT2D eigenvalue weighted by atomic mass is 16.5. The Morgan fingerprint density at radius 2 is 1.92 bits per heavy atom. The van der Waals surface area contributed by atoms with Gasteiger partial charge in [0.2, 0.25) is 0 Å². The number of amides is 1. The van der Waals surface area contributed by atoms with Gasteiger partial charge in [-0.3, -0.25) is 4.79 Å². The molecule has 1 heterocycles. The Labute approximate surface area is 144 Å². The maximum atomic E-state index is 12.8. The van der Waals surface area contributed by atoms with E-state index in [1.54, 1.807) is 0 Å². The van der Waals surface area contributed by atoms with Crippen LogP contribution in [0.4, 0.5) is 0 Å². The number of hydrogen-bond donors (Lipinski definition) is 1. The summed E-state index contributed by atoms with van der Waals surface area (Å²) in [6.45, 7) is 5.70. The molecule has 132 valence electrons. The van der Waals surface area contributed by atoms with Gasteiger partial charge in [-0.25, -0.2) is 0 Å². The van der Waals surface area contributed by atoms with E-state index >= 15 is 0 Å². The highest BCUT2D eigenvalue weighted by Crippen LogP contribution is 2.36. The molecule has 1 aromatic rings. The second-order valence-electron chi connectivity index (χ2n) is 7.97. The van der Waals surface area contributed by atoms with Crippen molar-refractivity contribution in [3.8, 4) is 0 Å². The molecular formula is C20H29NO3. The average molecular weight is 331 g/mol. The second-order valence-corrected chi connectivity index (χ2v) is 7.97. The fraction of sp³-hybridized carbons (Fsp3) is 0.650. The minimum atomic E-state index is -0.655. The third-order valence-corrected chi connectivity index (χ3v) is 5.28. The molecule has 0 atom stereocenters. The summed E-state index contributed by atoms with van der Waals surface area (Å²) in [7, 11) is 0. The summed E-state index contributed by atoms with van der Waals surface area (Å²) in [5.74, 6) is 0.110. The molecule has 1 aliphatic carbocycles. The summed E-state index contributed by atoms with van der Waals surface area (Å²) in [5, 5.41) is 9.82. The molecule has 2 aliphatic rings. The van der Waals surface area contributed by atoms with Crippen LogP contribution < -0.4 is 0 Å². The van der Waals surface area contributed by atoms with Crippen molar-refractivity contribution in [1.29, 1.82) is 0 Å². The van der Waals surface area contributed by atoms with Crippen molar-refractivity contribution in [3.05, 3.63) is 35.4 Å². The van der Waals surface area contributed by atoms with Gasteiger partial charge in [0.15, 0.2) is 0 Å². The monoisotopic (exact) mass is 331 g/mol. The first-order chi connectivity index (χ1) is 11.4. The molecule has 0 bridgehead atoms. The van der Waals surface area contributed by atoms with Gasteiger partial charge >= 0.3 is 0 Å². The van der Waals surface area contributed by atoms with Crippen LogP contribution in [-0.2, 0) is 11.2 Å². The summed E-state index contributed by atoms with van der Waals surface area (Å²) >= 11 is 0. The predicted molar refractivity (Wildman–Crippen MR) is 94.1 cm³/mol. The van der Waals surface area contributed by atoms with Crippen LogP contribution in [0.5, 0.6) is 0 Å². The van der Waals surface area contributed by atoms with Crippen LogP contribution in [0.25, 0.3) is 0 Å². The first-order valence-corrected chi connectivity index (χ1v) is 9.12. The van der Waals surface area contributed by atoms with Crippen LogP contribution in [0.2, 0.25) is 0 Å². The SMILES string of the molecule is CC(C)(O)CCc1ccc(C(=O)N2CCOC3(CCCC3)C2)cc1. The zero-order valence-corrected chi connectivity index (χ0v) is 14.9. The molecule has 3 rings (SSSR count). The van der Waals surface area contributed by atoms with Crippen molar-refractivity contribution in [2.45, 2.75) is 63.6 Å². The van der Waals surface area contributed by atoms with E-state index in [0.29, 0.717) is 19.6 Å². The Morgan fingerprint density at radius 3 is 2.54 bits per heavy atom. The van der Waals surface area contributed by atoms with E-state index in [1.807, 2.05) is 43.0 Å². The molecule has 1 N–H and O–H groups in total. The third-order valence-electron chi connectivity index (χ3n) is 5.28. The Kier molecular flexibility index (Phi) is 4.97. The van der Waals surface area contributed by atoms with Crippen molar-refractivity contribution in [2.24, 2.45) is 0 Å². The lowest BCUT2D eigenvalue weighted by Gasteiger charge is -2.40. The van der Waals surface area contributed by atoms with Gasteiger partial charge in [0.05, 0.1) is 24.4 Å².